The number of nitrogens with one attached hydrogen (secondary N) is 1. The Kier molecular flexibility index (Phi) is 3.09. The summed E-state index contributed by atoms with van der Waals surface area (Å²) in [6, 6.07) is 5.42. The van der Waals surface area contributed by atoms with E-state index < -0.39 is 0 Å². The predicted molar refractivity (Wildman–Crippen MR) is 63.7 cm³/mol. The van der Waals surface area contributed by atoms with Crippen molar-refractivity contribution in [3.8, 4) is 0 Å². The molecule has 0 radical (unpaired) electrons. The molecule has 5 heteroatoms. The van der Waals surface area contributed by atoms with Crippen LogP contribution in [0.1, 0.15) is 21.9 Å². The lowest BCUT2D eigenvalue weighted by Crippen LogP contribution is -2.15. The Hall–Kier alpha value is -2.30. The maximum Gasteiger partial charge on any atom is 0.277 e. The van der Waals surface area contributed by atoms with Crippen LogP contribution < -0.4 is 5.32 Å². The van der Waals surface area contributed by atoms with E-state index in [1.807, 2.05) is 26.0 Å². The van der Waals surface area contributed by atoms with Gasteiger partial charge in [-0.2, -0.15) is 0 Å². The summed E-state index contributed by atoms with van der Waals surface area (Å²) >= 11 is 0. The maximum absolute atomic E-state index is 11.8. The van der Waals surface area contributed by atoms with Crippen LogP contribution in [-0.4, -0.2) is 20.9 Å². The Bertz CT molecular complexity index is 536. The van der Waals surface area contributed by atoms with E-state index in [1.54, 1.807) is 12.3 Å². The van der Waals surface area contributed by atoms with Crippen LogP contribution in [0.2, 0.25) is 0 Å². The Balaban J connectivity index is 2.14. The molecule has 17 heavy (non-hydrogen) atoms. The van der Waals surface area contributed by atoms with E-state index in [0.29, 0.717) is 5.82 Å². The Morgan fingerprint density at radius 1 is 1.12 bits per heavy atom. The van der Waals surface area contributed by atoms with E-state index >= 15 is 0 Å². The van der Waals surface area contributed by atoms with Gasteiger partial charge in [-0.15, -0.1) is 0 Å². The molecule has 0 spiro atoms. The second-order valence-corrected chi connectivity index (χ2v) is 3.66. The van der Waals surface area contributed by atoms with Crippen molar-refractivity contribution >= 4 is 11.7 Å². The van der Waals surface area contributed by atoms with Gasteiger partial charge < -0.3 is 5.32 Å². The van der Waals surface area contributed by atoms with Gasteiger partial charge in [0, 0.05) is 11.9 Å². The zero-order chi connectivity index (χ0) is 12.3. The summed E-state index contributed by atoms with van der Waals surface area (Å²) in [6.07, 6.45) is 3.00. The molecule has 0 aliphatic heterocycles. The minimum Gasteiger partial charge on any atom is -0.305 e. The summed E-state index contributed by atoms with van der Waals surface area (Å²) in [5.41, 5.74) is 1.90. The first-order valence-electron chi connectivity index (χ1n) is 5.19. The van der Waals surface area contributed by atoms with Gasteiger partial charge in [-0.25, -0.2) is 9.97 Å². The number of pyridine rings is 1. The van der Waals surface area contributed by atoms with Crippen LogP contribution in [0.25, 0.3) is 0 Å². The molecule has 2 aromatic rings. The summed E-state index contributed by atoms with van der Waals surface area (Å²) in [6.45, 7) is 3.68. The third-order valence-electron chi connectivity index (χ3n) is 2.14. The SMILES string of the molecule is Cc1cnc(C(=O)Nc2cccc(C)n2)cn1. The van der Waals surface area contributed by atoms with Crippen molar-refractivity contribution in [1.82, 2.24) is 15.0 Å². The maximum atomic E-state index is 11.8. The molecule has 0 saturated heterocycles. The van der Waals surface area contributed by atoms with E-state index in [9.17, 15) is 4.79 Å². The third kappa shape index (κ3) is 2.84. The summed E-state index contributed by atoms with van der Waals surface area (Å²) in [4.78, 5) is 24.0. The van der Waals surface area contributed by atoms with Crippen LogP contribution in [0, 0.1) is 13.8 Å². The number of carbonyl (C=O) groups is 1. The zero-order valence-corrected chi connectivity index (χ0v) is 9.64. The largest absolute Gasteiger partial charge is 0.305 e. The average Bonchev–Trinajstić information content (AvgIpc) is 2.29. The van der Waals surface area contributed by atoms with Crippen molar-refractivity contribution in [1.29, 1.82) is 0 Å². The highest BCUT2D eigenvalue weighted by Crippen LogP contribution is 2.05. The second kappa shape index (κ2) is 4.69. The number of nitrogens with zero attached hydrogens (tertiary/aromatic N) is 3. The van der Waals surface area contributed by atoms with Gasteiger partial charge in [0.2, 0.25) is 0 Å². The highest BCUT2D eigenvalue weighted by atomic mass is 16.1. The Labute approximate surface area is 99.0 Å². The molecule has 86 valence electrons. The molecule has 1 N–H and O–H groups in total. The number of carbonyl (C=O) groups excluding carboxylic acids is 1. The quantitative estimate of drug-likeness (QED) is 0.850. The lowest BCUT2D eigenvalue weighted by atomic mass is 10.3. The first kappa shape index (κ1) is 11.2. The number of hydrogen-bond donors (Lipinski definition) is 1. The zero-order valence-electron chi connectivity index (χ0n) is 9.64. The van der Waals surface area contributed by atoms with E-state index in [-0.39, 0.29) is 11.6 Å². The number of anilines is 1. The highest BCUT2D eigenvalue weighted by molar-refractivity contribution is 6.02. The lowest BCUT2D eigenvalue weighted by Gasteiger charge is -2.04. The molecule has 0 aliphatic carbocycles. The summed E-state index contributed by atoms with van der Waals surface area (Å²) in [7, 11) is 0. The van der Waals surface area contributed by atoms with Gasteiger partial charge in [0.1, 0.15) is 11.5 Å². The molecular weight excluding hydrogens is 216 g/mol. The van der Waals surface area contributed by atoms with Crippen molar-refractivity contribution in [3.63, 3.8) is 0 Å². The molecule has 0 aromatic carbocycles. The smallest absolute Gasteiger partial charge is 0.277 e. The number of hydrogen-bond acceptors (Lipinski definition) is 4. The first-order valence-corrected chi connectivity index (χ1v) is 5.19. The Morgan fingerprint density at radius 2 is 1.94 bits per heavy atom. The number of aromatic nitrogens is 3. The van der Waals surface area contributed by atoms with Gasteiger partial charge in [0.05, 0.1) is 11.9 Å². The Morgan fingerprint density at radius 3 is 2.59 bits per heavy atom. The van der Waals surface area contributed by atoms with Crippen LogP contribution in [0.4, 0.5) is 5.82 Å². The molecule has 5 nitrogen and oxygen atoms in total. The molecule has 2 heterocycles. The number of amides is 1. The van der Waals surface area contributed by atoms with Crippen LogP contribution in [0.3, 0.4) is 0 Å². The average molecular weight is 228 g/mol. The predicted octanol–water partition coefficient (Wildman–Crippen LogP) is 1.74. The molecule has 0 saturated carbocycles. The normalized spacial score (nSPS) is 10.0. The minimum absolute atomic E-state index is 0.277. The molecule has 2 rings (SSSR count). The van der Waals surface area contributed by atoms with Crippen LogP contribution in [0.15, 0.2) is 30.6 Å². The van der Waals surface area contributed by atoms with Gasteiger partial charge in [0.15, 0.2) is 0 Å². The van der Waals surface area contributed by atoms with Crippen molar-refractivity contribution in [3.05, 3.63) is 47.7 Å². The summed E-state index contributed by atoms with van der Waals surface area (Å²) < 4.78 is 0. The number of aryl methyl sites for hydroxylation is 2. The molecule has 0 bridgehead atoms. The highest BCUT2D eigenvalue weighted by Gasteiger charge is 2.08. The minimum atomic E-state index is -0.310. The molecule has 0 unspecified atom stereocenters. The van der Waals surface area contributed by atoms with Gasteiger partial charge in [-0.3, -0.25) is 9.78 Å². The van der Waals surface area contributed by atoms with Gasteiger partial charge >= 0.3 is 0 Å². The molecule has 0 aliphatic rings. The molecular formula is C12H12N4O. The fourth-order valence-electron chi connectivity index (χ4n) is 1.30. The monoisotopic (exact) mass is 228 g/mol. The molecule has 2 aromatic heterocycles. The fraction of sp³-hybridized carbons (Fsp3) is 0.167. The van der Waals surface area contributed by atoms with Gasteiger partial charge in [-0.05, 0) is 26.0 Å². The fourth-order valence-corrected chi connectivity index (χ4v) is 1.30. The van der Waals surface area contributed by atoms with Crippen molar-refractivity contribution in [2.24, 2.45) is 0 Å². The van der Waals surface area contributed by atoms with Crippen molar-refractivity contribution in [2.45, 2.75) is 13.8 Å². The molecule has 0 fully saturated rings. The van der Waals surface area contributed by atoms with Gasteiger partial charge in [-0.1, -0.05) is 6.07 Å². The molecule has 0 atom stereocenters. The van der Waals surface area contributed by atoms with Crippen LogP contribution >= 0.6 is 0 Å². The third-order valence-corrected chi connectivity index (χ3v) is 2.14. The topological polar surface area (TPSA) is 67.8 Å². The van der Waals surface area contributed by atoms with Gasteiger partial charge in [0.25, 0.3) is 5.91 Å². The lowest BCUT2D eigenvalue weighted by molar-refractivity contribution is 0.102. The first-order chi connectivity index (χ1) is 8.15. The van der Waals surface area contributed by atoms with Crippen LogP contribution in [-0.2, 0) is 0 Å². The summed E-state index contributed by atoms with van der Waals surface area (Å²) in [5, 5.41) is 2.67. The van der Waals surface area contributed by atoms with E-state index in [4.69, 9.17) is 0 Å². The molecule has 1 amide bonds. The van der Waals surface area contributed by atoms with Crippen molar-refractivity contribution < 1.29 is 4.79 Å². The van der Waals surface area contributed by atoms with E-state index in [2.05, 4.69) is 20.3 Å². The second-order valence-electron chi connectivity index (χ2n) is 3.66. The number of rotatable bonds is 2. The standard InChI is InChI=1S/C12H12N4O/c1-8-4-3-5-11(15-8)16-12(17)10-7-13-9(2)6-14-10/h3-7H,1-2H3,(H,15,16,17). The van der Waals surface area contributed by atoms with E-state index in [0.717, 1.165) is 11.4 Å². The summed E-state index contributed by atoms with van der Waals surface area (Å²) in [5.74, 6) is 0.202. The van der Waals surface area contributed by atoms with Crippen molar-refractivity contribution in [2.75, 3.05) is 5.32 Å². The van der Waals surface area contributed by atoms with Crippen LogP contribution in [0.5, 0.6) is 0 Å². The van der Waals surface area contributed by atoms with E-state index in [1.165, 1.54) is 6.20 Å².